The first-order chi connectivity index (χ1) is 21.4. The third kappa shape index (κ3) is 3.07. The number of para-hydroxylation sites is 3. The Morgan fingerprint density at radius 2 is 0.907 bits per heavy atom. The summed E-state index contributed by atoms with van der Waals surface area (Å²) in [4.78, 5) is 0. The maximum atomic E-state index is 2.52. The Balaban J connectivity index is 1.48. The summed E-state index contributed by atoms with van der Waals surface area (Å²) in [6.07, 6.45) is 0. The summed E-state index contributed by atoms with van der Waals surface area (Å²) in [6.45, 7) is 0. The van der Waals surface area contributed by atoms with Gasteiger partial charge in [-0.2, -0.15) is 0 Å². The van der Waals surface area contributed by atoms with Gasteiger partial charge in [0.15, 0.2) is 0 Å². The van der Waals surface area contributed by atoms with E-state index in [-0.39, 0.29) is 0 Å². The van der Waals surface area contributed by atoms with Gasteiger partial charge < -0.3 is 9.13 Å². The van der Waals surface area contributed by atoms with Crippen molar-refractivity contribution in [2.75, 3.05) is 0 Å². The fourth-order valence-corrected chi connectivity index (χ4v) is 8.50. The summed E-state index contributed by atoms with van der Waals surface area (Å²) in [5.41, 5.74) is 7.33. The summed E-state index contributed by atoms with van der Waals surface area (Å²) in [6, 6.07) is 53.3. The molecule has 0 saturated heterocycles. The molecule has 3 aromatic heterocycles. The molecule has 0 saturated carbocycles. The van der Waals surface area contributed by atoms with Gasteiger partial charge in [-0.05, 0) is 47.9 Å². The molecule has 3 heterocycles. The van der Waals surface area contributed by atoms with Gasteiger partial charge in [0.05, 0.1) is 22.1 Å². The van der Waals surface area contributed by atoms with Gasteiger partial charge in [0.1, 0.15) is 0 Å². The Labute approximate surface area is 251 Å². The first-order valence-electron chi connectivity index (χ1n) is 14.7. The summed E-state index contributed by atoms with van der Waals surface area (Å²) < 4.78 is 7.62. The van der Waals surface area contributed by atoms with E-state index in [1.54, 1.807) is 0 Å². The minimum Gasteiger partial charge on any atom is -0.309 e. The Kier molecular flexibility index (Phi) is 4.63. The number of thiophene rings is 1. The van der Waals surface area contributed by atoms with E-state index in [1.165, 1.54) is 85.9 Å². The molecule has 0 atom stereocenters. The molecule has 2 nitrogen and oxygen atoms in total. The van der Waals surface area contributed by atoms with Crippen LogP contribution in [-0.2, 0) is 0 Å². The maximum Gasteiger partial charge on any atom is 0.0647 e. The topological polar surface area (TPSA) is 9.86 Å². The Hall–Kier alpha value is -5.38. The van der Waals surface area contributed by atoms with Crippen molar-refractivity contribution in [1.82, 2.24) is 9.13 Å². The largest absolute Gasteiger partial charge is 0.309 e. The second-order valence-corrected chi connectivity index (χ2v) is 12.4. The third-order valence-corrected chi connectivity index (χ3v) is 10.2. The van der Waals surface area contributed by atoms with Crippen LogP contribution >= 0.6 is 11.3 Å². The fourth-order valence-electron chi connectivity index (χ4n) is 7.36. The molecule has 0 bridgehead atoms. The summed E-state index contributed by atoms with van der Waals surface area (Å²) >= 11 is 1.88. The van der Waals surface area contributed by atoms with Crippen molar-refractivity contribution < 1.29 is 0 Å². The SMILES string of the molecule is c1ccc(-n2c3ccccc3c3c2c2ccccc2c2c4ccccc4n(-c4ccc5c(c4)sc4ccccc45)c23)cc1. The number of hydrogen-bond acceptors (Lipinski definition) is 1. The molecule has 43 heavy (non-hydrogen) atoms. The quantitative estimate of drug-likeness (QED) is 0.198. The van der Waals surface area contributed by atoms with Crippen LogP contribution in [0.3, 0.4) is 0 Å². The second-order valence-electron chi connectivity index (χ2n) is 11.3. The van der Waals surface area contributed by atoms with E-state index >= 15 is 0 Å². The van der Waals surface area contributed by atoms with Crippen molar-refractivity contribution in [3.63, 3.8) is 0 Å². The van der Waals surface area contributed by atoms with E-state index in [2.05, 4.69) is 155 Å². The van der Waals surface area contributed by atoms with Crippen LogP contribution < -0.4 is 0 Å². The number of hydrogen-bond donors (Lipinski definition) is 0. The van der Waals surface area contributed by atoms with Crippen LogP contribution in [0.15, 0.2) is 146 Å². The van der Waals surface area contributed by atoms with Gasteiger partial charge in [-0.15, -0.1) is 11.3 Å². The van der Waals surface area contributed by atoms with Gasteiger partial charge in [-0.25, -0.2) is 0 Å². The van der Waals surface area contributed by atoms with Gasteiger partial charge in [0.2, 0.25) is 0 Å². The minimum absolute atomic E-state index is 1.17. The van der Waals surface area contributed by atoms with Gasteiger partial charge in [-0.1, -0.05) is 103 Å². The first kappa shape index (κ1) is 23.2. The number of benzene rings is 7. The van der Waals surface area contributed by atoms with E-state index < -0.39 is 0 Å². The van der Waals surface area contributed by atoms with Crippen molar-refractivity contribution in [1.29, 1.82) is 0 Å². The molecule has 7 aromatic carbocycles. The highest BCUT2D eigenvalue weighted by Gasteiger charge is 2.24. The molecule has 0 unspecified atom stereocenters. The van der Waals surface area contributed by atoms with Gasteiger partial charge >= 0.3 is 0 Å². The lowest BCUT2D eigenvalue weighted by molar-refractivity contribution is 1.18. The zero-order valence-electron chi connectivity index (χ0n) is 23.2. The standard InChI is InChI=1S/C40H24N2S/c1-2-12-25(13-3-1)41-34-20-10-7-18-32(34)38-39(41)30-16-5-4-15-29(30)37-31-17-6-9-19-33(31)42(40(37)38)26-22-23-28-27-14-8-11-21-35(27)43-36(28)24-26/h1-24H. The molecule has 0 fully saturated rings. The summed E-state index contributed by atoms with van der Waals surface area (Å²) in [5.74, 6) is 0. The maximum absolute atomic E-state index is 2.52. The van der Waals surface area contributed by atoms with Crippen LogP contribution in [0.4, 0.5) is 0 Å². The lowest BCUT2D eigenvalue weighted by Crippen LogP contribution is -1.96. The number of aromatic nitrogens is 2. The molecule has 0 aliphatic heterocycles. The van der Waals surface area contributed by atoms with E-state index in [4.69, 9.17) is 0 Å². The average Bonchev–Trinajstić information content (AvgIpc) is 3.73. The van der Waals surface area contributed by atoms with Gasteiger partial charge in [0.25, 0.3) is 0 Å². The van der Waals surface area contributed by atoms with Crippen molar-refractivity contribution in [2.24, 2.45) is 0 Å². The van der Waals surface area contributed by atoms with E-state index in [1.807, 2.05) is 11.3 Å². The number of rotatable bonds is 2. The van der Waals surface area contributed by atoms with Gasteiger partial charge in [-0.3, -0.25) is 0 Å². The molecule has 0 N–H and O–H groups in total. The molecule has 0 spiro atoms. The molecule has 3 heteroatoms. The van der Waals surface area contributed by atoms with Crippen LogP contribution in [0.5, 0.6) is 0 Å². The molecule has 0 amide bonds. The normalized spacial score (nSPS) is 12.2. The summed E-state index contributed by atoms with van der Waals surface area (Å²) in [5, 5.41) is 10.4. The molecule has 200 valence electrons. The fraction of sp³-hybridized carbons (Fsp3) is 0. The van der Waals surface area contributed by atoms with Crippen LogP contribution in [0.25, 0.3) is 85.9 Å². The molecular formula is C40H24N2S. The molecule has 10 aromatic rings. The average molecular weight is 565 g/mol. The Morgan fingerprint density at radius 3 is 1.67 bits per heavy atom. The van der Waals surface area contributed by atoms with Crippen molar-refractivity contribution >= 4 is 85.9 Å². The van der Waals surface area contributed by atoms with Crippen molar-refractivity contribution in [3.8, 4) is 11.4 Å². The highest BCUT2D eigenvalue weighted by Crippen LogP contribution is 2.47. The van der Waals surface area contributed by atoms with E-state index in [0.29, 0.717) is 0 Å². The zero-order valence-corrected chi connectivity index (χ0v) is 24.0. The highest BCUT2D eigenvalue weighted by atomic mass is 32.1. The molecule has 0 aliphatic carbocycles. The zero-order chi connectivity index (χ0) is 28.1. The van der Waals surface area contributed by atoms with Crippen LogP contribution in [-0.4, -0.2) is 9.13 Å². The smallest absolute Gasteiger partial charge is 0.0647 e. The van der Waals surface area contributed by atoms with Crippen LogP contribution in [0.1, 0.15) is 0 Å². The molecule has 10 rings (SSSR count). The Morgan fingerprint density at radius 1 is 0.349 bits per heavy atom. The molecular weight excluding hydrogens is 541 g/mol. The van der Waals surface area contributed by atoms with Crippen molar-refractivity contribution in [2.45, 2.75) is 0 Å². The predicted octanol–water partition coefficient (Wildman–Crippen LogP) is 11.4. The van der Waals surface area contributed by atoms with Gasteiger partial charge in [0, 0.05) is 58.5 Å². The molecule has 0 radical (unpaired) electrons. The van der Waals surface area contributed by atoms with Crippen LogP contribution in [0.2, 0.25) is 0 Å². The highest BCUT2D eigenvalue weighted by molar-refractivity contribution is 7.25. The van der Waals surface area contributed by atoms with Crippen molar-refractivity contribution in [3.05, 3.63) is 146 Å². The number of nitrogens with zero attached hydrogens (tertiary/aromatic N) is 2. The van der Waals surface area contributed by atoms with Crippen LogP contribution in [0, 0.1) is 0 Å². The monoisotopic (exact) mass is 564 g/mol. The first-order valence-corrected chi connectivity index (χ1v) is 15.5. The number of fused-ring (bicyclic) bond motifs is 13. The third-order valence-electron chi connectivity index (χ3n) is 9.07. The summed E-state index contributed by atoms with van der Waals surface area (Å²) in [7, 11) is 0. The minimum atomic E-state index is 1.17. The predicted molar refractivity (Wildman–Crippen MR) is 186 cm³/mol. The molecule has 0 aliphatic rings. The van der Waals surface area contributed by atoms with E-state index in [0.717, 1.165) is 0 Å². The second kappa shape index (κ2) is 8.57. The van der Waals surface area contributed by atoms with E-state index in [9.17, 15) is 0 Å². The lowest BCUT2D eigenvalue weighted by atomic mass is 9.99. The Bertz CT molecular complexity index is 2720. The lowest BCUT2D eigenvalue weighted by Gasteiger charge is -2.13.